The van der Waals surface area contributed by atoms with Gasteiger partial charge in [0.15, 0.2) is 0 Å². The van der Waals surface area contributed by atoms with Crippen molar-refractivity contribution in [3.63, 3.8) is 0 Å². The first-order chi connectivity index (χ1) is 8.65. The third-order valence-corrected chi connectivity index (χ3v) is 4.22. The minimum Gasteiger partial charge on any atom is -0.493 e. The Bertz CT molecular complexity index is 394. The first-order valence-corrected chi connectivity index (χ1v) is 7.05. The summed E-state index contributed by atoms with van der Waals surface area (Å²) in [5.41, 5.74) is 8.67. The molecule has 0 aliphatic heterocycles. The Kier molecular flexibility index (Phi) is 4.28. The second-order valence-electron chi connectivity index (χ2n) is 5.82. The van der Waals surface area contributed by atoms with Crippen LogP contribution in [0.15, 0.2) is 18.2 Å². The van der Waals surface area contributed by atoms with Crippen molar-refractivity contribution in [3.05, 3.63) is 29.3 Å². The van der Waals surface area contributed by atoms with Gasteiger partial charge in [0.25, 0.3) is 0 Å². The zero-order valence-electron chi connectivity index (χ0n) is 11.7. The smallest absolute Gasteiger partial charge is 0.122 e. The van der Waals surface area contributed by atoms with Crippen LogP contribution in [0.2, 0.25) is 0 Å². The largest absolute Gasteiger partial charge is 0.493 e. The number of benzene rings is 1. The van der Waals surface area contributed by atoms with Crippen molar-refractivity contribution in [1.82, 2.24) is 0 Å². The first kappa shape index (κ1) is 13.4. The molecule has 100 valence electrons. The van der Waals surface area contributed by atoms with Gasteiger partial charge in [-0.2, -0.15) is 0 Å². The van der Waals surface area contributed by atoms with Crippen LogP contribution in [0.1, 0.15) is 43.2 Å². The molecule has 0 amide bonds. The van der Waals surface area contributed by atoms with Crippen LogP contribution >= 0.6 is 0 Å². The zero-order chi connectivity index (χ0) is 13.0. The molecule has 0 heterocycles. The molecule has 1 aromatic rings. The Balaban J connectivity index is 2.03. The van der Waals surface area contributed by atoms with Crippen molar-refractivity contribution in [2.45, 2.75) is 46.0 Å². The summed E-state index contributed by atoms with van der Waals surface area (Å²) in [6, 6.07) is 6.38. The van der Waals surface area contributed by atoms with E-state index in [1.54, 1.807) is 0 Å². The highest BCUT2D eigenvalue weighted by atomic mass is 16.5. The average Bonchev–Trinajstić information content (AvgIpc) is 2.41. The number of nitrogens with two attached hydrogens (primary N) is 1. The fourth-order valence-electron chi connectivity index (χ4n) is 2.80. The van der Waals surface area contributed by atoms with E-state index in [0.29, 0.717) is 0 Å². The highest BCUT2D eigenvalue weighted by molar-refractivity contribution is 5.36. The second-order valence-corrected chi connectivity index (χ2v) is 5.82. The zero-order valence-corrected chi connectivity index (χ0v) is 11.7. The van der Waals surface area contributed by atoms with Crippen LogP contribution < -0.4 is 10.5 Å². The Morgan fingerprint density at radius 3 is 2.56 bits per heavy atom. The average molecular weight is 247 g/mol. The molecule has 0 saturated heterocycles. The molecular weight excluding hydrogens is 222 g/mol. The van der Waals surface area contributed by atoms with E-state index >= 15 is 0 Å². The van der Waals surface area contributed by atoms with E-state index in [4.69, 9.17) is 10.5 Å². The van der Waals surface area contributed by atoms with Gasteiger partial charge in [0.2, 0.25) is 0 Å². The van der Waals surface area contributed by atoms with Crippen molar-refractivity contribution in [2.24, 2.45) is 11.1 Å². The summed E-state index contributed by atoms with van der Waals surface area (Å²) < 4.78 is 6.07. The highest BCUT2D eigenvalue weighted by Gasteiger charge is 2.31. The molecule has 0 radical (unpaired) electrons. The van der Waals surface area contributed by atoms with Crippen LogP contribution in [-0.4, -0.2) is 13.2 Å². The first-order valence-electron chi connectivity index (χ1n) is 7.05. The van der Waals surface area contributed by atoms with Gasteiger partial charge in [-0.1, -0.05) is 31.4 Å². The summed E-state index contributed by atoms with van der Waals surface area (Å²) in [6.45, 7) is 5.72. The molecular formula is C16H25NO. The highest BCUT2D eigenvalue weighted by Crippen LogP contribution is 2.36. The van der Waals surface area contributed by atoms with E-state index in [1.807, 2.05) is 0 Å². The maximum Gasteiger partial charge on any atom is 0.122 e. The van der Waals surface area contributed by atoms with Crippen molar-refractivity contribution >= 4 is 0 Å². The Labute approximate surface area is 111 Å². The van der Waals surface area contributed by atoms with Crippen LogP contribution in [0.5, 0.6) is 5.75 Å². The predicted molar refractivity (Wildman–Crippen MR) is 76.0 cm³/mol. The maximum atomic E-state index is 6.07. The summed E-state index contributed by atoms with van der Waals surface area (Å²) in [7, 11) is 0. The molecule has 2 rings (SSSR count). The van der Waals surface area contributed by atoms with Crippen LogP contribution in [0.25, 0.3) is 0 Å². The summed E-state index contributed by atoms with van der Waals surface area (Å²) in [5, 5.41) is 0. The fourth-order valence-corrected chi connectivity index (χ4v) is 2.80. The third-order valence-electron chi connectivity index (χ3n) is 4.22. The monoisotopic (exact) mass is 247 g/mol. The quantitative estimate of drug-likeness (QED) is 0.882. The molecule has 18 heavy (non-hydrogen) atoms. The molecule has 1 aliphatic rings. The van der Waals surface area contributed by atoms with Crippen LogP contribution in [0.3, 0.4) is 0 Å². The van der Waals surface area contributed by atoms with Crippen molar-refractivity contribution in [2.75, 3.05) is 13.2 Å². The lowest BCUT2D eigenvalue weighted by Crippen LogP contribution is -2.38. The van der Waals surface area contributed by atoms with Crippen molar-refractivity contribution in [3.8, 4) is 5.75 Å². The third kappa shape index (κ3) is 3.05. The van der Waals surface area contributed by atoms with Gasteiger partial charge in [-0.05, 0) is 43.9 Å². The molecule has 1 aliphatic carbocycles. The van der Waals surface area contributed by atoms with Crippen molar-refractivity contribution < 1.29 is 4.74 Å². The van der Waals surface area contributed by atoms with Gasteiger partial charge in [0.05, 0.1) is 6.61 Å². The van der Waals surface area contributed by atoms with Gasteiger partial charge in [-0.25, -0.2) is 0 Å². The molecule has 2 heteroatoms. The molecule has 1 saturated carbocycles. The van der Waals surface area contributed by atoms with Gasteiger partial charge in [0.1, 0.15) is 5.75 Å². The molecule has 1 aromatic carbocycles. The molecule has 2 nitrogen and oxygen atoms in total. The minimum atomic E-state index is 0.217. The summed E-state index contributed by atoms with van der Waals surface area (Å²) in [5.74, 6) is 1.02. The standard InChI is InChI=1S/C16H25NO/c1-13-6-7-14(2)15(10-13)18-12-16(11-17)8-4-3-5-9-16/h6-7,10H,3-5,8-9,11-12,17H2,1-2H3. The Hall–Kier alpha value is -1.02. The van der Waals surface area contributed by atoms with E-state index in [9.17, 15) is 0 Å². The van der Waals surface area contributed by atoms with Crippen LogP contribution in [0, 0.1) is 19.3 Å². The maximum absolute atomic E-state index is 6.07. The van der Waals surface area contributed by atoms with E-state index < -0.39 is 0 Å². The lowest BCUT2D eigenvalue weighted by atomic mass is 9.75. The number of hydrogen-bond acceptors (Lipinski definition) is 2. The topological polar surface area (TPSA) is 35.2 Å². The second kappa shape index (κ2) is 5.75. The van der Waals surface area contributed by atoms with E-state index in [-0.39, 0.29) is 5.41 Å². The number of hydrogen-bond donors (Lipinski definition) is 1. The Morgan fingerprint density at radius 1 is 1.17 bits per heavy atom. The molecule has 1 fully saturated rings. The van der Waals surface area contributed by atoms with Crippen molar-refractivity contribution in [1.29, 1.82) is 0 Å². The van der Waals surface area contributed by atoms with Gasteiger partial charge in [-0.3, -0.25) is 0 Å². The van der Waals surface area contributed by atoms with E-state index in [0.717, 1.165) is 18.9 Å². The SMILES string of the molecule is Cc1ccc(C)c(OCC2(CN)CCCCC2)c1. The molecule has 2 N–H and O–H groups in total. The van der Waals surface area contributed by atoms with E-state index in [1.165, 1.54) is 43.2 Å². The lowest BCUT2D eigenvalue weighted by molar-refractivity contribution is 0.105. The number of rotatable bonds is 4. The van der Waals surface area contributed by atoms with Gasteiger partial charge in [-0.15, -0.1) is 0 Å². The minimum absolute atomic E-state index is 0.217. The van der Waals surface area contributed by atoms with E-state index in [2.05, 4.69) is 32.0 Å². The molecule has 0 spiro atoms. The van der Waals surface area contributed by atoms with Gasteiger partial charge < -0.3 is 10.5 Å². The summed E-state index contributed by atoms with van der Waals surface area (Å²) >= 11 is 0. The van der Waals surface area contributed by atoms with Gasteiger partial charge >= 0.3 is 0 Å². The summed E-state index contributed by atoms with van der Waals surface area (Å²) in [4.78, 5) is 0. The normalized spacial score (nSPS) is 18.6. The predicted octanol–water partition coefficient (Wildman–Crippen LogP) is 3.59. The molecule has 0 atom stereocenters. The molecule has 0 unspecified atom stereocenters. The lowest BCUT2D eigenvalue weighted by Gasteiger charge is -2.36. The Morgan fingerprint density at radius 2 is 1.89 bits per heavy atom. The number of ether oxygens (including phenoxy) is 1. The molecule has 0 bridgehead atoms. The van der Waals surface area contributed by atoms with Gasteiger partial charge in [0, 0.05) is 12.0 Å². The van der Waals surface area contributed by atoms with Crippen LogP contribution in [-0.2, 0) is 0 Å². The number of aryl methyl sites for hydroxylation is 2. The molecule has 0 aromatic heterocycles. The summed E-state index contributed by atoms with van der Waals surface area (Å²) in [6.07, 6.45) is 6.38. The van der Waals surface area contributed by atoms with Crippen LogP contribution in [0.4, 0.5) is 0 Å². The fraction of sp³-hybridized carbons (Fsp3) is 0.625.